The molecule has 0 unspecified atom stereocenters. The van der Waals surface area contributed by atoms with Gasteiger partial charge in [-0.05, 0) is 31.8 Å². The van der Waals surface area contributed by atoms with Crippen molar-refractivity contribution in [1.82, 2.24) is 23.8 Å². The molecule has 7 nitrogen and oxygen atoms in total. The van der Waals surface area contributed by atoms with Crippen molar-refractivity contribution in [3.63, 3.8) is 0 Å². The van der Waals surface area contributed by atoms with E-state index < -0.39 is 0 Å². The summed E-state index contributed by atoms with van der Waals surface area (Å²) in [5.74, 6) is 1.42. The summed E-state index contributed by atoms with van der Waals surface area (Å²) in [5, 5.41) is 0.950. The van der Waals surface area contributed by atoms with Gasteiger partial charge in [-0.1, -0.05) is 20.8 Å². The van der Waals surface area contributed by atoms with E-state index in [2.05, 4.69) is 40.0 Å². The molecule has 2 aromatic heterocycles. The lowest BCUT2D eigenvalue weighted by molar-refractivity contribution is 0.163. The summed E-state index contributed by atoms with van der Waals surface area (Å²) < 4.78 is 6.22. The SMILES string of the molecule is CN(C)c1nc(CN2CCC(Cn3cnc(C(C)(C)C)cc3=O)CC2)ns1. The molecule has 0 N–H and O–H groups in total. The Labute approximate surface area is 165 Å². The van der Waals surface area contributed by atoms with Crippen LogP contribution in [-0.2, 0) is 18.5 Å². The number of anilines is 1. The molecule has 3 heterocycles. The highest BCUT2D eigenvalue weighted by Crippen LogP contribution is 2.22. The van der Waals surface area contributed by atoms with Crippen LogP contribution in [0.25, 0.3) is 0 Å². The number of likely N-dealkylation sites (tertiary alicyclic amines) is 1. The predicted octanol–water partition coefficient (Wildman–Crippen LogP) is 2.37. The molecule has 0 radical (unpaired) electrons. The molecule has 2 aromatic rings. The Kier molecular flexibility index (Phi) is 5.95. The van der Waals surface area contributed by atoms with Gasteiger partial charge in [-0.15, -0.1) is 0 Å². The minimum absolute atomic E-state index is 0.0558. The second-order valence-corrected chi connectivity index (χ2v) is 9.35. The molecular formula is C19H30N6OS. The van der Waals surface area contributed by atoms with Crippen LogP contribution in [0.2, 0.25) is 0 Å². The Balaban J connectivity index is 1.53. The minimum Gasteiger partial charge on any atom is -0.353 e. The highest BCUT2D eigenvalue weighted by atomic mass is 32.1. The van der Waals surface area contributed by atoms with Crippen LogP contribution in [0, 0.1) is 5.92 Å². The first-order valence-electron chi connectivity index (χ1n) is 9.51. The number of hydrogen-bond acceptors (Lipinski definition) is 7. The number of aromatic nitrogens is 4. The molecule has 1 saturated heterocycles. The summed E-state index contributed by atoms with van der Waals surface area (Å²) in [5.41, 5.74) is 0.811. The van der Waals surface area contributed by atoms with Gasteiger partial charge in [0, 0.05) is 43.7 Å². The first kappa shape index (κ1) is 19.9. The molecule has 1 aliphatic heterocycles. The van der Waals surface area contributed by atoms with E-state index in [4.69, 9.17) is 0 Å². The quantitative estimate of drug-likeness (QED) is 0.781. The molecular weight excluding hydrogens is 360 g/mol. The van der Waals surface area contributed by atoms with E-state index in [0.29, 0.717) is 5.92 Å². The first-order valence-corrected chi connectivity index (χ1v) is 10.3. The second kappa shape index (κ2) is 8.06. The smallest absolute Gasteiger partial charge is 0.253 e. The average molecular weight is 391 g/mol. The lowest BCUT2D eigenvalue weighted by Crippen LogP contribution is -2.36. The van der Waals surface area contributed by atoms with Crippen LogP contribution in [-0.4, -0.2) is 51.0 Å². The summed E-state index contributed by atoms with van der Waals surface area (Å²) in [4.78, 5) is 25.9. The molecule has 0 amide bonds. The Bertz CT molecular complexity index is 814. The number of hydrogen-bond donors (Lipinski definition) is 0. The Morgan fingerprint density at radius 1 is 1.26 bits per heavy atom. The zero-order valence-electron chi connectivity index (χ0n) is 17.0. The highest BCUT2D eigenvalue weighted by Gasteiger charge is 2.22. The van der Waals surface area contributed by atoms with Crippen LogP contribution >= 0.6 is 11.5 Å². The normalized spacial score (nSPS) is 16.6. The third-order valence-corrected chi connectivity index (χ3v) is 5.94. The lowest BCUT2D eigenvalue weighted by Gasteiger charge is -2.31. The summed E-state index contributed by atoms with van der Waals surface area (Å²) in [6.07, 6.45) is 3.88. The third-order valence-electron chi connectivity index (χ3n) is 5.01. The summed E-state index contributed by atoms with van der Waals surface area (Å²) in [6, 6.07) is 1.69. The van der Waals surface area contributed by atoms with Gasteiger partial charge in [0.25, 0.3) is 5.56 Å². The lowest BCUT2D eigenvalue weighted by atomic mass is 9.92. The van der Waals surface area contributed by atoms with Crippen molar-refractivity contribution in [3.05, 3.63) is 34.3 Å². The van der Waals surface area contributed by atoms with E-state index >= 15 is 0 Å². The number of rotatable bonds is 5. The molecule has 0 saturated carbocycles. The minimum atomic E-state index is -0.0975. The first-order chi connectivity index (χ1) is 12.7. The topological polar surface area (TPSA) is 67.2 Å². The van der Waals surface area contributed by atoms with Crippen molar-refractivity contribution < 1.29 is 0 Å². The van der Waals surface area contributed by atoms with Gasteiger partial charge in [0.2, 0.25) is 5.13 Å². The largest absolute Gasteiger partial charge is 0.353 e. The van der Waals surface area contributed by atoms with E-state index in [1.807, 2.05) is 19.0 Å². The fourth-order valence-electron chi connectivity index (χ4n) is 3.27. The molecule has 0 atom stereocenters. The maximum Gasteiger partial charge on any atom is 0.253 e. The molecule has 8 heteroatoms. The van der Waals surface area contributed by atoms with E-state index in [-0.39, 0.29) is 11.0 Å². The highest BCUT2D eigenvalue weighted by molar-refractivity contribution is 7.09. The van der Waals surface area contributed by atoms with Crippen LogP contribution in [0.1, 0.15) is 45.1 Å². The van der Waals surface area contributed by atoms with Gasteiger partial charge >= 0.3 is 0 Å². The fourth-order valence-corrected chi connectivity index (χ4v) is 3.86. The predicted molar refractivity (Wildman–Crippen MR) is 109 cm³/mol. The van der Waals surface area contributed by atoms with Gasteiger partial charge in [0.05, 0.1) is 18.6 Å². The maximum absolute atomic E-state index is 12.4. The van der Waals surface area contributed by atoms with Crippen molar-refractivity contribution in [2.24, 2.45) is 5.92 Å². The third kappa shape index (κ3) is 5.13. The average Bonchev–Trinajstić information content (AvgIpc) is 3.06. The van der Waals surface area contributed by atoms with Crippen molar-refractivity contribution in [2.75, 3.05) is 32.1 Å². The van der Waals surface area contributed by atoms with Gasteiger partial charge in [0.15, 0.2) is 5.82 Å². The monoisotopic (exact) mass is 390 g/mol. The maximum atomic E-state index is 12.4. The molecule has 1 fully saturated rings. The molecule has 1 aliphatic rings. The number of piperidine rings is 1. The molecule has 0 spiro atoms. The molecule has 148 valence electrons. The molecule has 0 aliphatic carbocycles. The van der Waals surface area contributed by atoms with Crippen LogP contribution in [0.5, 0.6) is 0 Å². The van der Waals surface area contributed by atoms with Crippen molar-refractivity contribution in [1.29, 1.82) is 0 Å². The van der Waals surface area contributed by atoms with Gasteiger partial charge in [-0.25, -0.2) is 9.97 Å². The molecule has 0 aromatic carbocycles. The summed E-state index contributed by atoms with van der Waals surface area (Å²) in [6.45, 7) is 9.82. The van der Waals surface area contributed by atoms with Crippen LogP contribution in [0.15, 0.2) is 17.2 Å². The van der Waals surface area contributed by atoms with Gasteiger partial charge in [0.1, 0.15) is 0 Å². The van der Waals surface area contributed by atoms with Crippen molar-refractivity contribution >= 4 is 16.7 Å². The van der Waals surface area contributed by atoms with Crippen LogP contribution in [0.3, 0.4) is 0 Å². The van der Waals surface area contributed by atoms with Gasteiger partial charge in [-0.2, -0.15) is 4.37 Å². The summed E-state index contributed by atoms with van der Waals surface area (Å²) >= 11 is 1.45. The van der Waals surface area contributed by atoms with Crippen molar-refractivity contribution in [3.8, 4) is 0 Å². The van der Waals surface area contributed by atoms with Crippen LogP contribution in [0.4, 0.5) is 5.13 Å². The molecule has 27 heavy (non-hydrogen) atoms. The Hall–Kier alpha value is -1.80. The fraction of sp³-hybridized carbons (Fsp3) is 0.684. The molecule has 0 bridgehead atoms. The van der Waals surface area contributed by atoms with Crippen LogP contribution < -0.4 is 10.5 Å². The van der Waals surface area contributed by atoms with E-state index in [9.17, 15) is 4.79 Å². The van der Waals surface area contributed by atoms with E-state index in [1.165, 1.54) is 11.5 Å². The molecule has 3 rings (SSSR count). The number of nitrogens with zero attached hydrogens (tertiary/aromatic N) is 6. The Morgan fingerprint density at radius 2 is 1.96 bits per heavy atom. The zero-order chi connectivity index (χ0) is 19.6. The van der Waals surface area contributed by atoms with Crippen molar-refractivity contribution in [2.45, 2.75) is 52.1 Å². The zero-order valence-corrected chi connectivity index (χ0v) is 17.8. The van der Waals surface area contributed by atoms with E-state index in [1.54, 1.807) is 17.0 Å². The van der Waals surface area contributed by atoms with Gasteiger partial charge in [-0.3, -0.25) is 14.3 Å². The Morgan fingerprint density at radius 3 is 2.52 bits per heavy atom. The van der Waals surface area contributed by atoms with Gasteiger partial charge < -0.3 is 4.90 Å². The van der Waals surface area contributed by atoms with E-state index in [0.717, 1.165) is 55.7 Å². The standard InChI is InChI=1S/C19H30N6OS/c1-19(2,3)15-10-17(26)25(13-20-15)11-14-6-8-24(9-7-14)12-16-21-18(23(4)5)27-22-16/h10,13-14H,6-9,11-12H2,1-5H3. The second-order valence-electron chi connectivity index (χ2n) is 8.62. The summed E-state index contributed by atoms with van der Waals surface area (Å²) in [7, 11) is 3.97.